The average Bonchev–Trinajstić information content (AvgIpc) is 2.48. The smallest absolute Gasteiger partial charge is 0.386 e. The van der Waals surface area contributed by atoms with Crippen molar-refractivity contribution in [2.24, 2.45) is 0 Å². The maximum Gasteiger partial charge on any atom is 0.386 e. The van der Waals surface area contributed by atoms with E-state index in [1.807, 2.05) is 6.07 Å². The second-order valence-electron chi connectivity index (χ2n) is 2.82. The van der Waals surface area contributed by atoms with Crippen LogP contribution in [-0.2, 0) is 0 Å². The maximum absolute atomic E-state index is 10.5. The molecule has 68 valence electrons. The largest absolute Gasteiger partial charge is 0.472 e. The molecule has 0 atom stereocenters. The lowest BCUT2D eigenvalue weighted by atomic mass is 10.2. The van der Waals surface area contributed by atoms with Crippen LogP contribution in [0.5, 0.6) is 0 Å². The van der Waals surface area contributed by atoms with E-state index in [1.165, 1.54) is 0 Å². The third-order valence-corrected chi connectivity index (χ3v) is 2.64. The Morgan fingerprint density at radius 3 is 3.00 bits per heavy atom. The lowest BCUT2D eigenvalue weighted by Crippen LogP contribution is -2.28. The van der Waals surface area contributed by atoms with E-state index in [0.29, 0.717) is 0 Å². The summed E-state index contributed by atoms with van der Waals surface area (Å²) in [7, 11) is 0. The molecule has 0 bridgehead atoms. The Morgan fingerprint density at radius 2 is 2.23 bits per heavy atom. The molecule has 0 saturated carbocycles. The Hall–Kier alpha value is -1.16. The van der Waals surface area contributed by atoms with Gasteiger partial charge in [0.15, 0.2) is 0 Å². The lowest BCUT2D eigenvalue weighted by Gasteiger charge is -1.99. The van der Waals surface area contributed by atoms with Crippen molar-refractivity contribution in [1.82, 2.24) is 3.97 Å². The molecule has 13 heavy (non-hydrogen) atoms. The average molecular weight is 195 g/mol. The Bertz CT molecular complexity index is 447. The van der Waals surface area contributed by atoms with Gasteiger partial charge in [-0.25, -0.2) is 4.79 Å². The first-order valence-corrected chi connectivity index (χ1v) is 4.84. The van der Waals surface area contributed by atoms with Crippen molar-refractivity contribution in [3.63, 3.8) is 0 Å². The maximum atomic E-state index is 10.5. The van der Waals surface area contributed by atoms with Crippen LogP contribution >= 0.6 is 11.9 Å². The van der Waals surface area contributed by atoms with Crippen LogP contribution in [0.2, 0.25) is 0 Å². The molecule has 1 aliphatic carbocycles. The Balaban J connectivity index is 2.50. The predicted octanol–water partition coefficient (Wildman–Crippen LogP) is 1.02. The summed E-state index contributed by atoms with van der Waals surface area (Å²) in [5.41, 5.74) is 0. The van der Waals surface area contributed by atoms with E-state index in [1.54, 1.807) is 10.2 Å². The highest BCUT2D eigenvalue weighted by Crippen LogP contribution is 2.03. The van der Waals surface area contributed by atoms with Gasteiger partial charge in [0.2, 0.25) is 0 Å². The Labute approximate surface area is 79.5 Å². The summed E-state index contributed by atoms with van der Waals surface area (Å²) in [5, 5.41) is 9.88. The first kappa shape index (κ1) is 8.44. The van der Waals surface area contributed by atoms with E-state index >= 15 is 0 Å². The minimum absolute atomic E-state index is 0.802. The van der Waals surface area contributed by atoms with Crippen molar-refractivity contribution in [2.75, 3.05) is 0 Å². The third kappa shape index (κ3) is 1.62. The first-order chi connectivity index (χ1) is 6.27. The van der Waals surface area contributed by atoms with Crippen LogP contribution < -0.4 is 10.6 Å². The van der Waals surface area contributed by atoms with Gasteiger partial charge in [-0.2, -0.15) is 0 Å². The van der Waals surface area contributed by atoms with Crippen molar-refractivity contribution in [1.29, 1.82) is 0 Å². The first-order valence-electron chi connectivity index (χ1n) is 4.06. The van der Waals surface area contributed by atoms with Crippen molar-refractivity contribution < 1.29 is 9.90 Å². The highest BCUT2D eigenvalue weighted by molar-refractivity contribution is 8.11. The highest BCUT2D eigenvalue weighted by atomic mass is 32.2. The molecule has 0 unspecified atom stereocenters. The summed E-state index contributed by atoms with van der Waals surface area (Å²) in [6.45, 7) is 0. The SMILES string of the molecule is O=C(O)Sn1ccc2c1=CCCC=2. The summed E-state index contributed by atoms with van der Waals surface area (Å²) >= 11 is 0.802. The normalized spacial score (nSPS) is 14.2. The highest BCUT2D eigenvalue weighted by Gasteiger charge is 2.04. The fourth-order valence-electron chi connectivity index (χ4n) is 1.44. The number of nitrogens with zero attached hydrogens (tertiary/aromatic N) is 1. The summed E-state index contributed by atoms with van der Waals surface area (Å²) in [4.78, 5) is 10.5. The molecule has 1 aliphatic rings. The van der Waals surface area contributed by atoms with Crippen LogP contribution in [0.25, 0.3) is 12.2 Å². The molecule has 1 heterocycles. The third-order valence-electron chi connectivity index (χ3n) is 1.97. The van der Waals surface area contributed by atoms with Gasteiger partial charge in [-0.05, 0) is 24.1 Å². The van der Waals surface area contributed by atoms with Gasteiger partial charge in [-0.15, -0.1) is 0 Å². The number of fused-ring (bicyclic) bond motifs is 1. The zero-order chi connectivity index (χ0) is 9.26. The quantitative estimate of drug-likeness (QED) is 0.727. The second-order valence-corrected chi connectivity index (χ2v) is 3.75. The predicted molar refractivity (Wildman–Crippen MR) is 52.9 cm³/mol. The summed E-state index contributed by atoms with van der Waals surface area (Å²) < 4.78 is 1.69. The Morgan fingerprint density at radius 1 is 1.46 bits per heavy atom. The number of rotatable bonds is 1. The fourth-order valence-corrected chi connectivity index (χ4v) is 2.01. The molecule has 0 amide bonds. The molecule has 3 nitrogen and oxygen atoms in total. The molecule has 0 fully saturated rings. The van der Waals surface area contributed by atoms with Crippen LogP contribution in [-0.4, -0.2) is 14.4 Å². The van der Waals surface area contributed by atoms with Crippen molar-refractivity contribution in [2.45, 2.75) is 12.8 Å². The van der Waals surface area contributed by atoms with Crippen LogP contribution in [0.4, 0.5) is 4.79 Å². The summed E-state index contributed by atoms with van der Waals surface area (Å²) in [5.74, 6) is 0. The number of aromatic nitrogens is 1. The number of hydrogen-bond acceptors (Lipinski definition) is 2. The molecule has 2 rings (SSSR count). The number of carboxylic acid groups (broad SMARTS) is 1. The van der Waals surface area contributed by atoms with E-state index in [-0.39, 0.29) is 0 Å². The molecule has 0 saturated heterocycles. The van der Waals surface area contributed by atoms with E-state index in [2.05, 4.69) is 12.2 Å². The topological polar surface area (TPSA) is 42.2 Å². The van der Waals surface area contributed by atoms with Crippen LogP contribution in [0.1, 0.15) is 12.8 Å². The molecule has 0 radical (unpaired) electrons. The zero-order valence-electron chi connectivity index (χ0n) is 6.93. The summed E-state index contributed by atoms with van der Waals surface area (Å²) in [6, 6.07) is 1.95. The molecule has 0 spiro atoms. The second kappa shape index (κ2) is 3.30. The Kier molecular flexibility index (Phi) is 2.14. The van der Waals surface area contributed by atoms with Gasteiger partial charge in [0.05, 0.1) is 17.3 Å². The van der Waals surface area contributed by atoms with Gasteiger partial charge in [-0.1, -0.05) is 12.2 Å². The minimum atomic E-state index is -0.877. The van der Waals surface area contributed by atoms with Crippen molar-refractivity contribution in [3.8, 4) is 0 Å². The van der Waals surface area contributed by atoms with E-state index in [9.17, 15) is 4.79 Å². The van der Waals surface area contributed by atoms with Crippen LogP contribution in [0.3, 0.4) is 0 Å². The van der Waals surface area contributed by atoms with Gasteiger partial charge in [-0.3, -0.25) is 3.97 Å². The fraction of sp³-hybridized carbons (Fsp3) is 0.222. The van der Waals surface area contributed by atoms with Gasteiger partial charge in [0, 0.05) is 6.20 Å². The van der Waals surface area contributed by atoms with Gasteiger partial charge >= 0.3 is 5.30 Å². The molecule has 1 aromatic heterocycles. The molecular formula is C9H9NO2S. The monoisotopic (exact) mass is 195 g/mol. The van der Waals surface area contributed by atoms with Crippen LogP contribution in [0, 0.1) is 0 Å². The van der Waals surface area contributed by atoms with Crippen molar-refractivity contribution in [3.05, 3.63) is 22.8 Å². The van der Waals surface area contributed by atoms with E-state index < -0.39 is 5.30 Å². The number of carbonyl (C=O) groups is 1. The molecular weight excluding hydrogens is 186 g/mol. The molecule has 1 aromatic rings. The van der Waals surface area contributed by atoms with Crippen molar-refractivity contribution >= 4 is 29.4 Å². The number of hydrogen-bond donors (Lipinski definition) is 1. The molecule has 4 heteroatoms. The summed E-state index contributed by atoms with van der Waals surface area (Å²) in [6.07, 6.45) is 8.05. The van der Waals surface area contributed by atoms with Gasteiger partial charge in [0.25, 0.3) is 0 Å². The molecule has 1 N–H and O–H groups in total. The minimum Gasteiger partial charge on any atom is -0.472 e. The molecule has 0 aliphatic heterocycles. The standard InChI is InChI=1S/C9H9NO2S/c11-9(12)13-10-6-5-7-3-1-2-4-8(7)10/h3-6H,1-2H2,(H,11,12). The van der Waals surface area contributed by atoms with Gasteiger partial charge < -0.3 is 5.11 Å². The lowest BCUT2D eigenvalue weighted by molar-refractivity contribution is 0.222. The van der Waals surface area contributed by atoms with Gasteiger partial charge in [0.1, 0.15) is 0 Å². The van der Waals surface area contributed by atoms with E-state index in [4.69, 9.17) is 5.11 Å². The van der Waals surface area contributed by atoms with E-state index in [0.717, 1.165) is 35.4 Å². The van der Waals surface area contributed by atoms with Crippen LogP contribution in [0.15, 0.2) is 12.3 Å². The zero-order valence-corrected chi connectivity index (χ0v) is 7.75. The molecule has 0 aromatic carbocycles.